The quantitative estimate of drug-likeness (QED) is 0.463. The average Bonchev–Trinajstić information content (AvgIpc) is 2.74. The van der Waals surface area contributed by atoms with Gasteiger partial charge in [-0.2, -0.15) is 0 Å². The second-order valence-electron chi connectivity index (χ2n) is 7.37. The van der Waals surface area contributed by atoms with Gasteiger partial charge in [-0.15, -0.1) is 0 Å². The number of nitrogens with one attached hydrogen (secondary N) is 2. The summed E-state index contributed by atoms with van der Waals surface area (Å²) in [7, 11) is 2.03. The maximum absolute atomic E-state index is 3.59. The first-order valence-corrected chi connectivity index (χ1v) is 10.7. The molecule has 0 aliphatic heterocycles. The van der Waals surface area contributed by atoms with E-state index in [2.05, 4.69) is 88.0 Å². The highest BCUT2D eigenvalue weighted by Gasteiger charge is 2.09. The predicted molar refractivity (Wildman–Crippen MR) is 121 cm³/mol. The number of hydrogen-bond acceptors (Lipinski definition) is 4. The topological polar surface area (TPSA) is 30.5 Å². The highest BCUT2D eigenvalue weighted by Crippen LogP contribution is 2.05. The Kier molecular flexibility index (Phi) is 11.5. The normalized spacial score (nSPS) is 11.4. The van der Waals surface area contributed by atoms with E-state index >= 15 is 0 Å². The molecule has 0 atom stereocenters. The van der Waals surface area contributed by atoms with Crippen molar-refractivity contribution in [1.82, 2.24) is 20.4 Å². The van der Waals surface area contributed by atoms with E-state index in [9.17, 15) is 0 Å². The van der Waals surface area contributed by atoms with E-state index in [1.54, 1.807) is 0 Å². The second-order valence-corrected chi connectivity index (χ2v) is 7.37. The van der Waals surface area contributed by atoms with Crippen LogP contribution < -0.4 is 10.6 Å². The smallest absolute Gasteiger partial charge is 0.0234 e. The highest BCUT2D eigenvalue weighted by molar-refractivity contribution is 5.15. The summed E-state index contributed by atoms with van der Waals surface area (Å²) in [4.78, 5) is 5.15. The molecule has 2 aromatic carbocycles. The molecule has 0 heterocycles. The number of nitrogens with zero attached hydrogens (tertiary/aromatic N) is 2. The van der Waals surface area contributed by atoms with Crippen molar-refractivity contribution < 1.29 is 0 Å². The zero-order chi connectivity index (χ0) is 19.9. The minimum absolute atomic E-state index is 0.941. The summed E-state index contributed by atoms with van der Waals surface area (Å²) < 4.78 is 0. The van der Waals surface area contributed by atoms with Crippen LogP contribution >= 0.6 is 0 Å². The Bertz CT molecular complexity index is 603. The molecule has 4 heteroatoms. The van der Waals surface area contributed by atoms with Gasteiger partial charge in [-0.25, -0.2) is 0 Å². The van der Waals surface area contributed by atoms with Crippen LogP contribution in [-0.2, 0) is 13.1 Å². The van der Waals surface area contributed by atoms with Crippen molar-refractivity contribution in [3.63, 3.8) is 0 Å². The zero-order valence-electron chi connectivity index (χ0n) is 17.7. The summed E-state index contributed by atoms with van der Waals surface area (Å²) in [6, 6.07) is 21.5. The average molecular weight is 383 g/mol. The first-order valence-electron chi connectivity index (χ1n) is 10.7. The summed E-state index contributed by atoms with van der Waals surface area (Å²) >= 11 is 0. The van der Waals surface area contributed by atoms with Gasteiger partial charge in [0.15, 0.2) is 0 Å². The molecule has 2 aromatic rings. The Morgan fingerprint density at radius 1 is 0.679 bits per heavy atom. The number of rotatable bonds is 15. The van der Waals surface area contributed by atoms with Crippen molar-refractivity contribution in [2.45, 2.75) is 26.4 Å². The van der Waals surface area contributed by atoms with Gasteiger partial charge in [0.2, 0.25) is 0 Å². The van der Waals surface area contributed by atoms with Crippen molar-refractivity contribution >= 4 is 0 Å². The second kappa shape index (κ2) is 14.3. The van der Waals surface area contributed by atoms with Crippen molar-refractivity contribution in [3.05, 3.63) is 71.8 Å². The minimum Gasteiger partial charge on any atom is -0.318 e. The zero-order valence-corrected chi connectivity index (χ0v) is 17.7. The molecule has 0 aliphatic rings. The molecule has 2 rings (SSSR count). The monoisotopic (exact) mass is 382 g/mol. The van der Waals surface area contributed by atoms with Crippen molar-refractivity contribution in [3.8, 4) is 0 Å². The van der Waals surface area contributed by atoms with Gasteiger partial charge in [-0.05, 0) is 31.1 Å². The molecule has 0 unspecified atom stereocenters. The lowest BCUT2D eigenvalue weighted by molar-refractivity contribution is 0.199. The Morgan fingerprint density at radius 2 is 1.29 bits per heavy atom. The molecular weight excluding hydrogens is 344 g/mol. The van der Waals surface area contributed by atoms with E-state index in [-0.39, 0.29) is 0 Å². The van der Waals surface area contributed by atoms with Crippen LogP contribution in [0.3, 0.4) is 0 Å². The molecule has 0 radical (unpaired) electrons. The van der Waals surface area contributed by atoms with Gasteiger partial charge in [0.1, 0.15) is 0 Å². The molecule has 154 valence electrons. The van der Waals surface area contributed by atoms with Gasteiger partial charge in [-0.3, -0.25) is 9.80 Å². The molecule has 4 nitrogen and oxygen atoms in total. The van der Waals surface area contributed by atoms with Crippen LogP contribution in [0.5, 0.6) is 0 Å². The summed E-state index contributed by atoms with van der Waals surface area (Å²) in [5, 5.41) is 6.88. The van der Waals surface area contributed by atoms with Gasteiger partial charge in [0.25, 0.3) is 0 Å². The standard InChI is InChI=1S/C24H38N4/c1-3-16-28(22-24-12-8-5-9-13-24)20-19-27(17-14-25-2)18-15-26-21-23-10-6-4-7-11-23/h4-13,25-26H,3,14-22H2,1-2H3. The lowest BCUT2D eigenvalue weighted by atomic mass is 10.2. The van der Waals surface area contributed by atoms with Crippen LogP contribution in [0, 0.1) is 0 Å². The molecule has 0 spiro atoms. The van der Waals surface area contributed by atoms with E-state index in [4.69, 9.17) is 0 Å². The van der Waals surface area contributed by atoms with Gasteiger partial charge in [0, 0.05) is 52.4 Å². The molecular formula is C24H38N4. The third-order valence-corrected chi connectivity index (χ3v) is 4.98. The third-order valence-electron chi connectivity index (χ3n) is 4.98. The summed E-state index contributed by atoms with van der Waals surface area (Å²) in [6.45, 7) is 11.9. The van der Waals surface area contributed by atoms with Gasteiger partial charge >= 0.3 is 0 Å². The number of likely N-dealkylation sites (N-methyl/N-ethyl adjacent to an activating group) is 1. The SMILES string of the molecule is CCCN(CCN(CCNC)CCNCc1ccccc1)Cc1ccccc1. The first kappa shape index (κ1) is 22.6. The third kappa shape index (κ3) is 9.47. The Morgan fingerprint density at radius 3 is 1.93 bits per heavy atom. The molecule has 0 aromatic heterocycles. The van der Waals surface area contributed by atoms with E-state index < -0.39 is 0 Å². The van der Waals surface area contributed by atoms with Crippen LogP contribution in [0.4, 0.5) is 0 Å². The molecule has 2 N–H and O–H groups in total. The van der Waals surface area contributed by atoms with Crippen LogP contribution in [0.15, 0.2) is 60.7 Å². The number of benzene rings is 2. The van der Waals surface area contributed by atoms with Gasteiger partial charge < -0.3 is 10.6 Å². The molecule has 0 bridgehead atoms. The lowest BCUT2D eigenvalue weighted by Crippen LogP contribution is -2.41. The van der Waals surface area contributed by atoms with E-state index in [1.165, 1.54) is 17.5 Å². The van der Waals surface area contributed by atoms with Crippen molar-refractivity contribution in [1.29, 1.82) is 0 Å². The highest BCUT2D eigenvalue weighted by atomic mass is 15.2. The van der Waals surface area contributed by atoms with E-state index in [0.29, 0.717) is 0 Å². The van der Waals surface area contributed by atoms with E-state index in [1.807, 2.05) is 7.05 Å². The fourth-order valence-corrected chi connectivity index (χ4v) is 3.38. The predicted octanol–water partition coefficient (Wildman–Crippen LogP) is 3.21. The molecule has 0 saturated carbocycles. The maximum Gasteiger partial charge on any atom is 0.0234 e. The summed E-state index contributed by atoms with van der Waals surface area (Å²) in [6.07, 6.45) is 1.20. The lowest BCUT2D eigenvalue weighted by Gasteiger charge is -2.28. The molecule has 28 heavy (non-hydrogen) atoms. The fourth-order valence-electron chi connectivity index (χ4n) is 3.38. The summed E-state index contributed by atoms with van der Waals surface area (Å²) in [5.74, 6) is 0. The van der Waals surface area contributed by atoms with Crippen LogP contribution in [-0.4, -0.2) is 62.7 Å². The molecule has 0 aliphatic carbocycles. The van der Waals surface area contributed by atoms with E-state index in [0.717, 1.165) is 58.9 Å². The Labute approximate surface area is 171 Å². The molecule has 0 saturated heterocycles. The summed E-state index contributed by atoms with van der Waals surface area (Å²) in [5.41, 5.74) is 2.75. The molecule has 0 amide bonds. The van der Waals surface area contributed by atoms with Crippen LogP contribution in [0.2, 0.25) is 0 Å². The first-order chi connectivity index (χ1) is 13.8. The van der Waals surface area contributed by atoms with Crippen molar-refractivity contribution in [2.24, 2.45) is 0 Å². The Balaban J connectivity index is 1.76. The van der Waals surface area contributed by atoms with Crippen LogP contribution in [0.1, 0.15) is 24.5 Å². The van der Waals surface area contributed by atoms with Crippen molar-refractivity contribution in [2.75, 3.05) is 52.9 Å². The Hall–Kier alpha value is -1.72. The number of hydrogen-bond donors (Lipinski definition) is 2. The fraction of sp³-hybridized carbons (Fsp3) is 0.500. The van der Waals surface area contributed by atoms with Gasteiger partial charge in [-0.1, -0.05) is 67.6 Å². The molecule has 0 fully saturated rings. The maximum atomic E-state index is 3.59. The largest absolute Gasteiger partial charge is 0.318 e. The van der Waals surface area contributed by atoms with Crippen LogP contribution in [0.25, 0.3) is 0 Å². The van der Waals surface area contributed by atoms with Gasteiger partial charge in [0.05, 0.1) is 0 Å². The minimum atomic E-state index is 0.941.